The van der Waals surface area contributed by atoms with Gasteiger partial charge in [-0.2, -0.15) is 0 Å². The van der Waals surface area contributed by atoms with Crippen LogP contribution in [0.1, 0.15) is 48.3 Å². The number of hydrogen-bond acceptors (Lipinski definition) is 4. The quantitative estimate of drug-likeness (QED) is 0.286. The summed E-state index contributed by atoms with van der Waals surface area (Å²) in [6.45, 7) is 5.69. The van der Waals surface area contributed by atoms with Crippen LogP contribution in [0.5, 0.6) is 11.5 Å². The van der Waals surface area contributed by atoms with Gasteiger partial charge in [-0.25, -0.2) is 13.2 Å². The molecular weight excluding hydrogens is 562 g/mol. The van der Waals surface area contributed by atoms with Crippen LogP contribution in [0.4, 0.5) is 18.9 Å². The summed E-state index contributed by atoms with van der Waals surface area (Å²) >= 11 is 0. The van der Waals surface area contributed by atoms with E-state index >= 15 is 0 Å². The van der Waals surface area contributed by atoms with E-state index in [0.29, 0.717) is 23.8 Å². The summed E-state index contributed by atoms with van der Waals surface area (Å²) in [5.41, 5.74) is 4.49. The van der Waals surface area contributed by atoms with Crippen molar-refractivity contribution in [3.8, 4) is 11.5 Å². The Morgan fingerprint density at radius 3 is 2.33 bits per heavy atom. The van der Waals surface area contributed by atoms with Crippen LogP contribution in [-0.2, 0) is 11.3 Å². The monoisotopic (exact) mass is 595 g/mol. The van der Waals surface area contributed by atoms with E-state index in [0.717, 1.165) is 63.1 Å². The molecule has 0 radical (unpaired) electrons. The maximum Gasteiger partial charge on any atom is 0.241 e. The Balaban J connectivity index is 0.00000220. The van der Waals surface area contributed by atoms with E-state index in [-0.39, 0.29) is 42.5 Å². The van der Waals surface area contributed by atoms with Gasteiger partial charge in [0.15, 0.2) is 23.2 Å². The Hall–Kier alpha value is -2.78. The molecule has 2 aliphatic heterocycles. The Morgan fingerprint density at radius 1 is 0.950 bits per heavy atom. The van der Waals surface area contributed by atoms with Crippen LogP contribution in [0.15, 0.2) is 54.6 Å². The van der Waals surface area contributed by atoms with Crippen molar-refractivity contribution in [3.05, 3.63) is 88.7 Å². The average Bonchev–Trinajstić information content (AvgIpc) is 3.46. The minimum Gasteiger partial charge on any atom is -0.454 e. The fourth-order valence-corrected chi connectivity index (χ4v) is 5.33. The molecule has 0 saturated carbocycles. The molecule has 2 heterocycles. The Labute approximate surface area is 245 Å². The zero-order valence-electron chi connectivity index (χ0n) is 22.2. The SMILES string of the molecule is Cc1ccc(NC(=O)[C@H]2CCCN2)cc1C1CCN(Cc2ccc(Oc3cc(F)c(F)cc3F)cc2)CC1.Cl.Cl. The smallest absolute Gasteiger partial charge is 0.241 e. The molecule has 0 aromatic heterocycles. The van der Waals surface area contributed by atoms with Crippen molar-refractivity contribution < 1.29 is 22.7 Å². The number of carbonyl (C=O) groups is 1. The number of rotatable bonds is 7. The fourth-order valence-electron chi connectivity index (χ4n) is 5.33. The van der Waals surface area contributed by atoms with Crippen molar-refractivity contribution in [2.24, 2.45) is 0 Å². The topological polar surface area (TPSA) is 53.6 Å². The summed E-state index contributed by atoms with van der Waals surface area (Å²) in [7, 11) is 0. The number of nitrogens with zero attached hydrogens (tertiary/aromatic N) is 1. The average molecular weight is 597 g/mol. The predicted molar refractivity (Wildman–Crippen MR) is 155 cm³/mol. The molecule has 2 fully saturated rings. The van der Waals surface area contributed by atoms with Gasteiger partial charge in [-0.1, -0.05) is 18.2 Å². The lowest BCUT2D eigenvalue weighted by molar-refractivity contribution is -0.117. The lowest BCUT2D eigenvalue weighted by atomic mass is 9.86. The number of nitrogens with one attached hydrogen (secondary N) is 2. The second-order valence-electron chi connectivity index (χ2n) is 10.2. The zero-order chi connectivity index (χ0) is 26.6. The second-order valence-corrected chi connectivity index (χ2v) is 10.2. The number of piperidine rings is 1. The van der Waals surface area contributed by atoms with Gasteiger partial charge in [-0.3, -0.25) is 9.69 Å². The van der Waals surface area contributed by atoms with Gasteiger partial charge in [0.1, 0.15) is 5.75 Å². The summed E-state index contributed by atoms with van der Waals surface area (Å²) in [6.07, 6.45) is 3.97. The molecule has 5 nitrogen and oxygen atoms in total. The minimum atomic E-state index is -1.25. The molecule has 0 aliphatic carbocycles. The van der Waals surface area contributed by atoms with E-state index in [4.69, 9.17) is 4.74 Å². The number of amides is 1. The van der Waals surface area contributed by atoms with Crippen molar-refractivity contribution in [1.82, 2.24) is 10.2 Å². The molecule has 5 rings (SSSR count). The van der Waals surface area contributed by atoms with E-state index in [2.05, 4.69) is 34.6 Å². The van der Waals surface area contributed by atoms with Crippen LogP contribution >= 0.6 is 24.8 Å². The molecule has 2 N–H and O–H groups in total. The molecule has 2 aliphatic rings. The molecule has 0 unspecified atom stereocenters. The summed E-state index contributed by atoms with van der Waals surface area (Å²) in [5.74, 6) is -2.89. The number of halogens is 5. The number of anilines is 1. The number of hydrogen-bond donors (Lipinski definition) is 2. The van der Waals surface area contributed by atoms with Gasteiger partial charge >= 0.3 is 0 Å². The highest BCUT2D eigenvalue weighted by Gasteiger charge is 2.24. The van der Waals surface area contributed by atoms with Crippen LogP contribution in [0, 0.1) is 24.4 Å². The molecule has 2 saturated heterocycles. The predicted octanol–water partition coefficient (Wildman–Crippen LogP) is 7.12. The maximum absolute atomic E-state index is 13.9. The van der Waals surface area contributed by atoms with Crippen molar-refractivity contribution >= 4 is 36.4 Å². The van der Waals surface area contributed by atoms with Crippen LogP contribution in [0.3, 0.4) is 0 Å². The first kappa shape index (κ1) is 31.7. The number of benzene rings is 3. The number of likely N-dealkylation sites (tertiary alicyclic amines) is 1. The first-order valence-corrected chi connectivity index (χ1v) is 13.1. The Kier molecular flexibility index (Phi) is 11.3. The van der Waals surface area contributed by atoms with Gasteiger partial charge in [0.05, 0.1) is 6.04 Å². The van der Waals surface area contributed by atoms with Gasteiger partial charge in [0.2, 0.25) is 5.91 Å². The third kappa shape index (κ3) is 7.69. The van der Waals surface area contributed by atoms with E-state index < -0.39 is 17.5 Å². The molecule has 10 heteroatoms. The summed E-state index contributed by atoms with van der Waals surface area (Å²) < 4.78 is 45.8. The highest BCUT2D eigenvalue weighted by Crippen LogP contribution is 2.33. The third-order valence-electron chi connectivity index (χ3n) is 7.48. The molecule has 3 aromatic rings. The lowest BCUT2D eigenvalue weighted by Crippen LogP contribution is -2.35. The molecule has 216 valence electrons. The Morgan fingerprint density at radius 2 is 1.65 bits per heavy atom. The van der Waals surface area contributed by atoms with Crippen LogP contribution in [0.25, 0.3) is 0 Å². The minimum absolute atomic E-state index is 0. The summed E-state index contributed by atoms with van der Waals surface area (Å²) in [6, 6.07) is 14.5. The van der Waals surface area contributed by atoms with Crippen LogP contribution < -0.4 is 15.4 Å². The van der Waals surface area contributed by atoms with E-state index in [1.54, 1.807) is 12.1 Å². The largest absolute Gasteiger partial charge is 0.454 e. The van der Waals surface area contributed by atoms with Gasteiger partial charge in [0, 0.05) is 24.4 Å². The highest BCUT2D eigenvalue weighted by molar-refractivity contribution is 5.95. The molecule has 0 bridgehead atoms. The van der Waals surface area contributed by atoms with Gasteiger partial charge in [-0.05, 0) is 99.1 Å². The molecule has 0 spiro atoms. The maximum atomic E-state index is 13.9. The van der Waals surface area contributed by atoms with Crippen molar-refractivity contribution in [2.75, 3.05) is 25.0 Å². The van der Waals surface area contributed by atoms with E-state index in [9.17, 15) is 18.0 Å². The van der Waals surface area contributed by atoms with E-state index in [1.165, 1.54) is 11.1 Å². The van der Waals surface area contributed by atoms with Crippen LogP contribution in [0.2, 0.25) is 0 Å². The Bertz CT molecular complexity index is 1300. The van der Waals surface area contributed by atoms with Gasteiger partial charge < -0.3 is 15.4 Å². The highest BCUT2D eigenvalue weighted by atomic mass is 35.5. The standard InChI is InChI=1S/C30H32F3N3O2.2ClH/c1-19-4-7-22(35-30(37)28-3-2-12-34-28)15-24(19)21-10-13-36(14-11-21)18-20-5-8-23(9-6-20)38-29-17-26(32)25(31)16-27(29)33;;/h4-9,15-17,21,28,34H,2-3,10-14,18H2,1H3,(H,35,37);2*1H/t28-;;/m1../s1. The van der Waals surface area contributed by atoms with Crippen molar-refractivity contribution in [1.29, 1.82) is 0 Å². The third-order valence-corrected chi connectivity index (χ3v) is 7.48. The lowest BCUT2D eigenvalue weighted by Gasteiger charge is -2.33. The first-order chi connectivity index (χ1) is 18.4. The zero-order valence-corrected chi connectivity index (χ0v) is 23.9. The van der Waals surface area contributed by atoms with Gasteiger partial charge in [0.25, 0.3) is 0 Å². The van der Waals surface area contributed by atoms with E-state index in [1.807, 2.05) is 18.2 Å². The number of ether oxygens (including phenoxy) is 1. The van der Waals surface area contributed by atoms with Crippen molar-refractivity contribution in [3.63, 3.8) is 0 Å². The normalized spacial score (nSPS) is 17.6. The summed E-state index contributed by atoms with van der Waals surface area (Å²) in [5, 5.41) is 6.33. The summed E-state index contributed by atoms with van der Waals surface area (Å²) in [4.78, 5) is 14.9. The van der Waals surface area contributed by atoms with Crippen molar-refractivity contribution in [2.45, 2.75) is 51.1 Å². The number of carbonyl (C=O) groups excluding carboxylic acids is 1. The molecular formula is C30H34Cl2F3N3O2. The fraction of sp³-hybridized carbons (Fsp3) is 0.367. The number of aryl methyl sites for hydroxylation is 1. The first-order valence-electron chi connectivity index (χ1n) is 13.1. The molecule has 3 aromatic carbocycles. The second kappa shape index (κ2) is 14.2. The van der Waals surface area contributed by atoms with Crippen LogP contribution in [-0.4, -0.2) is 36.5 Å². The molecule has 40 heavy (non-hydrogen) atoms. The van der Waals surface area contributed by atoms with Gasteiger partial charge in [-0.15, -0.1) is 24.8 Å². The molecule has 1 amide bonds. The molecule has 1 atom stereocenters.